The molecule has 6 heteroatoms. The molecule has 5 rings (SSSR count). The predicted octanol–water partition coefficient (Wildman–Crippen LogP) is 5.03. The molecule has 1 amide bonds. The number of piperidine rings is 1. The van der Waals surface area contributed by atoms with Gasteiger partial charge in [0.15, 0.2) is 5.65 Å². The molecule has 0 bridgehead atoms. The van der Waals surface area contributed by atoms with E-state index < -0.39 is 0 Å². The van der Waals surface area contributed by atoms with Gasteiger partial charge >= 0.3 is 0 Å². The first-order valence-corrected chi connectivity index (χ1v) is 11.7. The van der Waals surface area contributed by atoms with Gasteiger partial charge in [-0.1, -0.05) is 48.9 Å². The highest BCUT2D eigenvalue weighted by molar-refractivity contribution is 5.96. The minimum atomic E-state index is -0.116. The van der Waals surface area contributed by atoms with E-state index in [9.17, 15) is 4.79 Å². The number of nitrogens with one attached hydrogen (secondary N) is 1. The Labute approximate surface area is 194 Å². The number of likely N-dealkylation sites (tertiary alicyclic amines) is 1. The second kappa shape index (κ2) is 9.55. The summed E-state index contributed by atoms with van der Waals surface area (Å²) in [6.07, 6.45) is 5.70. The number of rotatable bonds is 6. The first-order valence-electron chi connectivity index (χ1n) is 11.7. The first kappa shape index (κ1) is 21.3. The Bertz CT molecular complexity index is 1240. The summed E-state index contributed by atoms with van der Waals surface area (Å²) in [5.41, 5.74) is 5.86. The van der Waals surface area contributed by atoms with Crippen LogP contribution in [0.15, 0.2) is 66.9 Å². The van der Waals surface area contributed by atoms with Gasteiger partial charge in [0.2, 0.25) is 5.91 Å². The average Bonchev–Trinajstić information content (AvgIpc) is 3.17. The molecule has 1 fully saturated rings. The van der Waals surface area contributed by atoms with Gasteiger partial charge in [-0.15, -0.1) is 0 Å². The fraction of sp³-hybridized carbons (Fsp3) is 0.296. The SMILES string of the molecule is Cc1nn(CC(=O)Nc2ccc(CN3CCCCC3)cc2)c2nccc(-c3ccccc3)c12. The van der Waals surface area contributed by atoms with Crippen molar-refractivity contribution in [2.24, 2.45) is 0 Å². The zero-order valence-electron chi connectivity index (χ0n) is 19.0. The molecule has 1 N–H and O–H groups in total. The number of carbonyl (C=O) groups is 1. The molecule has 2 aromatic carbocycles. The third-order valence-corrected chi connectivity index (χ3v) is 6.28. The van der Waals surface area contributed by atoms with Crippen molar-refractivity contribution in [2.45, 2.75) is 39.3 Å². The maximum absolute atomic E-state index is 12.8. The molecule has 0 spiro atoms. The second-order valence-corrected chi connectivity index (χ2v) is 8.75. The van der Waals surface area contributed by atoms with Crippen molar-refractivity contribution in [3.8, 4) is 11.1 Å². The first-order chi connectivity index (χ1) is 16.2. The van der Waals surface area contributed by atoms with Crippen molar-refractivity contribution in [3.05, 3.63) is 78.1 Å². The fourth-order valence-corrected chi connectivity index (χ4v) is 4.66. The minimum Gasteiger partial charge on any atom is -0.324 e. The van der Waals surface area contributed by atoms with Gasteiger partial charge in [0.05, 0.1) is 5.69 Å². The summed E-state index contributed by atoms with van der Waals surface area (Å²) in [6.45, 7) is 5.41. The van der Waals surface area contributed by atoms with Crippen molar-refractivity contribution in [1.29, 1.82) is 0 Å². The van der Waals surface area contributed by atoms with Crippen LogP contribution in [-0.2, 0) is 17.9 Å². The van der Waals surface area contributed by atoms with Gasteiger partial charge in [-0.25, -0.2) is 9.67 Å². The van der Waals surface area contributed by atoms with Gasteiger partial charge in [0.1, 0.15) is 6.54 Å². The molecule has 1 saturated heterocycles. The number of anilines is 1. The Kier molecular flexibility index (Phi) is 6.17. The Hall–Kier alpha value is -3.51. The lowest BCUT2D eigenvalue weighted by molar-refractivity contribution is -0.116. The summed E-state index contributed by atoms with van der Waals surface area (Å²) in [5, 5.41) is 8.61. The van der Waals surface area contributed by atoms with E-state index in [1.54, 1.807) is 10.9 Å². The lowest BCUT2D eigenvalue weighted by atomic mass is 10.0. The molecule has 0 unspecified atom stereocenters. The molecule has 1 aliphatic heterocycles. The van der Waals surface area contributed by atoms with Crippen molar-refractivity contribution >= 4 is 22.6 Å². The summed E-state index contributed by atoms with van der Waals surface area (Å²) >= 11 is 0. The van der Waals surface area contributed by atoms with Crippen LogP contribution in [0.1, 0.15) is 30.5 Å². The number of hydrogen-bond donors (Lipinski definition) is 1. The van der Waals surface area contributed by atoms with Gasteiger partial charge in [0.25, 0.3) is 0 Å². The highest BCUT2D eigenvalue weighted by Crippen LogP contribution is 2.29. The number of hydrogen-bond acceptors (Lipinski definition) is 4. The number of fused-ring (bicyclic) bond motifs is 1. The number of carbonyl (C=O) groups excluding carboxylic acids is 1. The van der Waals surface area contributed by atoms with Crippen molar-refractivity contribution in [3.63, 3.8) is 0 Å². The molecular weight excluding hydrogens is 410 g/mol. The summed E-state index contributed by atoms with van der Waals surface area (Å²) in [7, 11) is 0. The van der Waals surface area contributed by atoms with Crippen LogP contribution in [0.25, 0.3) is 22.2 Å². The molecule has 1 aliphatic rings. The van der Waals surface area contributed by atoms with Gasteiger partial charge in [-0.2, -0.15) is 5.10 Å². The fourth-order valence-electron chi connectivity index (χ4n) is 4.66. The third-order valence-electron chi connectivity index (χ3n) is 6.28. The third kappa shape index (κ3) is 4.81. The second-order valence-electron chi connectivity index (χ2n) is 8.75. The lowest BCUT2D eigenvalue weighted by Gasteiger charge is -2.26. The Morgan fingerprint density at radius 3 is 2.48 bits per heavy atom. The summed E-state index contributed by atoms with van der Waals surface area (Å²) < 4.78 is 1.69. The van der Waals surface area contributed by atoms with Crippen molar-refractivity contribution in [1.82, 2.24) is 19.7 Å². The summed E-state index contributed by atoms with van der Waals surface area (Å²) in [5.74, 6) is -0.116. The molecule has 0 saturated carbocycles. The molecule has 0 aliphatic carbocycles. The molecule has 4 aromatic rings. The molecular formula is C27H29N5O. The molecule has 0 radical (unpaired) electrons. The van der Waals surface area contributed by atoms with Crippen LogP contribution >= 0.6 is 0 Å². The number of aromatic nitrogens is 3. The van der Waals surface area contributed by atoms with Crippen LogP contribution in [0, 0.1) is 6.92 Å². The predicted molar refractivity (Wildman–Crippen MR) is 132 cm³/mol. The number of aryl methyl sites for hydroxylation is 1. The van der Waals surface area contributed by atoms with Crippen LogP contribution in [0.2, 0.25) is 0 Å². The van der Waals surface area contributed by atoms with Crippen LogP contribution < -0.4 is 5.32 Å². The summed E-state index contributed by atoms with van der Waals surface area (Å²) in [6, 6.07) is 20.4. The quantitative estimate of drug-likeness (QED) is 0.458. The van der Waals surface area contributed by atoms with E-state index in [4.69, 9.17) is 0 Å². The van der Waals surface area contributed by atoms with Crippen LogP contribution in [0.5, 0.6) is 0 Å². The molecule has 3 heterocycles. The zero-order valence-corrected chi connectivity index (χ0v) is 19.0. The lowest BCUT2D eigenvalue weighted by Crippen LogP contribution is -2.29. The van der Waals surface area contributed by atoms with Crippen LogP contribution in [-0.4, -0.2) is 38.7 Å². The van der Waals surface area contributed by atoms with Gasteiger partial charge in [0, 0.05) is 23.8 Å². The van der Waals surface area contributed by atoms with E-state index in [1.807, 2.05) is 43.3 Å². The number of pyridine rings is 1. The van der Waals surface area contributed by atoms with Crippen molar-refractivity contribution < 1.29 is 4.79 Å². The maximum Gasteiger partial charge on any atom is 0.246 e. The van der Waals surface area contributed by atoms with Gasteiger partial charge in [-0.3, -0.25) is 9.69 Å². The van der Waals surface area contributed by atoms with Crippen LogP contribution in [0.3, 0.4) is 0 Å². The zero-order chi connectivity index (χ0) is 22.6. The monoisotopic (exact) mass is 439 g/mol. The van der Waals surface area contributed by atoms with E-state index in [0.29, 0.717) is 0 Å². The van der Waals surface area contributed by atoms with E-state index in [1.165, 1.54) is 37.9 Å². The Morgan fingerprint density at radius 2 is 1.73 bits per heavy atom. The normalized spacial score (nSPS) is 14.5. The topological polar surface area (TPSA) is 63.1 Å². The Balaban J connectivity index is 1.29. The molecule has 168 valence electrons. The molecule has 0 atom stereocenters. The van der Waals surface area contributed by atoms with Crippen LogP contribution in [0.4, 0.5) is 5.69 Å². The smallest absolute Gasteiger partial charge is 0.246 e. The molecule has 2 aromatic heterocycles. The molecule has 6 nitrogen and oxygen atoms in total. The van der Waals surface area contributed by atoms with Crippen molar-refractivity contribution in [2.75, 3.05) is 18.4 Å². The van der Waals surface area contributed by atoms with E-state index in [2.05, 4.69) is 44.6 Å². The number of benzene rings is 2. The minimum absolute atomic E-state index is 0.116. The standard InChI is InChI=1S/C27H29N5O/c1-20-26-24(22-8-4-2-5-9-22)14-15-28-27(26)32(30-20)19-25(33)29-23-12-10-21(11-13-23)18-31-16-6-3-7-17-31/h2,4-5,8-15H,3,6-7,16-19H2,1H3,(H,29,33). The van der Waals surface area contributed by atoms with Gasteiger partial charge in [-0.05, 0) is 67.7 Å². The average molecular weight is 440 g/mol. The Morgan fingerprint density at radius 1 is 0.970 bits per heavy atom. The molecule has 33 heavy (non-hydrogen) atoms. The van der Waals surface area contributed by atoms with E-state index in [0.717, 1.165) is 40.1 Å². The van der Waals surface area contributed by atoms with Gasteiger partial charge < -0.3 is 5.32 Å². The largest absolute Gasteiger partial charge is 0.324 e. The van der Waals surface area contributed by atoms with E-state index >= 15 is 0 Å². The van der Waals surface area contributed by atoms with E-state index in [-0.39, 0.29) is 12.5 Å². The maximum atomic E-state index is 12.8. The summed E-state index contributed by atoms with van der Waals surface area (Å²) in [4.78, 5) is 19.8. The number of nitrogens with zero attached hydrogens (tertiary/aromatic N) is 4. The highest BCUT2D eigenvalue weighted by atomic mass is 16.2. The number of amides is 1. The highest BCUT2D eigenvalue weighted by Gasteiger charge is 2.16.